The molecule has 0 spiro atoms. The first-order valence-electron chi connectivity index (χ1n) is 5.98. The monoisotopic (exact) mass is 239 g/mol. The Morgan fingerprint density at radius 3 is 2.59 bits per heavy atom. The number of hydrogen-bond acceptors (Lipinski definition) is 3. The van der Waals surface area contributed by atoms with Crippen molar-refractivity contribution in [2.24, 2.45) is 0 Å². The van der Waals surface area contributed by atoms with E-state index >= 15 is 0 Å². The molecule has 4 nitrogen and oxygen atoms in total. The quantitative estimate of drug-likeness (QED) is 0.826. The van der Waals surface area contributed by atoms with E-state index in [1.165, 1.54) is 0 Å². The molecule has 0 fully saturated rings. The normalized spacial score (nSPS) is 14.4. The lowest BCUT2D eigenvalue weighted by Gasteiger charge is -2.26. The molecule has 0 aliphatic rings. The second-order valence-corrected chi connectivity index (χ2v) is 4.60. The van der Waals surface area contributed by atoms with E-state index in [0.29, 0.717) is 12.2 Å². The number of aryl methyl sites for hydroxylation is 2. The number of aliphatic hydroxyl groups is 1. The van der Waals surface area contributed by atoms with Gasteiger partial charge in [0.15, 0.2) is 5.76 Å². The lowest BCUT2D eigenvalue weighted by atomic mass is 10.0. The summed E-state index contributed by atoms with van der Waals surface area (Å²) in [5, 5.41) is 12.0. The topological polar surface area (TPSA) is 62.5 Å². The molecule has 2 N–H and O–H groups in total. The number of hydrogen-bond donors (Lipinski definition) is 2. The highest BCUT2D eigenvalue weighted by Crippen LogP contribution is 2.16. The minimum absolute atomic E-state index is 0.0877. The van der Waals surface area contributed by atoms with E-state index in [1.54, 1.807) is 13.0 Å². The summed E-state index contributed by atoms with van der Waals surface area (Å²) in [5.74, 6) is 0.871. The van der Waals surface area contributed by atoms with E-state index in [4.69, 9.17) is 4.42 Å². The maximum Gasteiger partial charge on any atom is 0.287 e. The fourth-order valence-corrected chi connectivity index (χ4v) is 1.56. The van der Waals surface area contributed by atoms with Crippen LogP contribution >= 0.6 is 0 Å². The minimum Gasteiger partial charge on any atom is -0.456 e. The van der Waals surface area contributed by atoms with Crippen molar-refractivity contribution in [1.29, 1.82) is 0 Å². The molecule has 0 saturated heterocycles. The van der Waals surface area contributed by atoms with E-state index in [2.05, 4.69) is 5.32 Å². The number of amides is 1. The molecule has 0 aliphatic heterocycles. The van der Waals surface area contributed by atoms with Gasteiger partial charge in [-0.1, -0.05) is 13.8 Å². The van der Waals surface area contributed by atoms with Gasteiger partial charge in [0.1, 0.15) is 5.76 Å². The van der Waals surface area contributed by atoms with Gasteiger partial charge >= 0.3 is 0 Å². The molecule has 1 aromatic rings. The molecule has 0 unspecified atom stereocenters. The van der Waals surface area contributed by atoms with Crippen LogP contribution in [-0.4, -0.2) is 23.2 Å². The molecule has 0 aromatic carbocycles. The van der Waals surface area contributed by atoms with Gasteiger partial charge in [0, 0.05) is 6.42 Å². The smallest absolute Gasteiger partial charge is 0.287 e. The molecule has 96 valence electrons. The predicted molar refractivity (Wildman–Crippen MR) is 66.1 cm³/mol. The second-order valence-electron chi connectivity index (χ2n) is 4.60. The molecule has 1 rings (SSSR count). The maximum absolute atomic E-state index is 11.9. The van der Waals surface area contributed by atoms with Crippen LogP contribution in [0.2, 0.25) is 0 Å². The molecule has 1 amide bonds. The Morgan fingerprint density at radius 1 is 1.53 bits per heavy atom. The predicted octanol–water partition coefficient (Wildman–Crippen LogP) is 2.04. The van der Waals surface area contributed by atoms with E-state index in [-0.39, 0.29) is 12.5 Å². The summed E-state index contributed by atoms with van der Waals surface area (Å²) in [5.41, 5.74) is 0.393. The fraction of sp³-hybridized carbons (Fsp3) is 0.615. The highest BCUT2D eigenvalue weighted by atomic mass is 16.4. The summed E-state index contributed by atoms with van der Waals surface area (Å²) in [6.45, 7) is 7.54. The van der Waals surface area contributed by atoms with Gasteiger partial charge in [0.25, 0.3) is 5.91 Å². The van der Waals surface area contributed by atoms with Crippen LogP contribution < -0.4 is 5.32 Å². The van der Waals surface area contributed by atoms with Gasteiger partial charge in [-0.05, 0) is 31.9 Å². The van der Waals surface area contributed by atoms with Crippen molar-refractivity contribution >= 4 is 5.91 Å². The Labute approximate surface area is 102 Å². The molecule has 1 atom stereocenters. The van der Waals surface area contributed by atoms with Crippen molar-refractivity contribution in [3.63, 3.8) is 0 Å². The Morgan fingerprint density at radius 2 is 2.18 bits per heavy atom. The van der Waals surface area contributed by atoms with Gasteiger partial charge in [-0.3, -0.25) is 4.79 Å². The average molecular weight is 239 g/mol. The Balaban J connectivity index is 2.83. The summed E-state index contributed by atoms with van der Waals surface area (Å²) < 4.78 is 5.47. The van der Waals surface area contributed by atoms with Crippen LogP contribution in [0.4, 0.5) is 0 Å². The van der Waals surface area contributed by atoms with Crippen molar-refractivity contribution in [2.75, 3.05) is 6.61 Å². The summed E-state index contributed by atoms with van der Waals surface area (Å²) in [6, 6.07) is 1.74. The largest absolute Gasteiger partial charge is 0.456 e. The fourth-order valence-electron chi connectivity index (χ4n) is 1.56. The highest BCUT2D eigenvalue weighted by molar-refractivity contribution is 5.92. The zero-order valence-corrected chi connectivity index (χ0v) is 11.0. The highest BCUT2D eigenvalue weighted by Gasteiger charge is 2.25. The van der Waals surface area contributed by atoms with Crippen molar-refractivity contribution in [3.8, 4) is 0 Å². The van der Waals surface area contributed by atoms with E-state index in [1.807, 2.05) is 20.8 Å². The first-order chi connectivity index (χ1) is 7.95. The number of rotatable bonds is 5. The third-order valence-corrected chi connectivity index (χ3v) is 3.11. The van der Waals surface area contributed by atoms with Crippen molar-refractivity contribution < 1.29 is 14.3 Å². The molecule has 0 saturated carbocycles. The zero-order valence-electron chi connectivity index (χ0n) is 11.0. The molecular weight excluding hydrogens is 218 g/mol. The number of carbonyl (C=O) groups excluding carboxylic acids is 1. The lowest BCUT2D eigenvalue weighted by molar-refractivity contribution is 0.0818. The summed E-state index contributed by atoms with van der Waals surface area (Å²) >= 11 is 0. The van der Waals surface area contributed by atoms with Gasteiger partial charge in [-0.2, -0.15) is 0 Å². The molecule has 4 heteroatoms. The molecule has 0 radical (unpaired) electrons. The van der Waals surface area contributed by atoms with Gasteiger partial charge < -0.3 is 14.8 Å². The first-order valence-corrected chi connectivity index (χ1v) is 5.98. The summed E-state index contributed by atoms with van der Waals surface area (Å²) in [6.07, 6.45) is 1.43. The average Bonchev–Trinajstić information content (AvgIpc) is 2.70. The Bertz CT molecular complexity index is 391. The molecule has 0 bridgehead atoms. The number of aliphatic hydroxyl groups excluding tert-OH is 1. The Hall–Kier alpha value is -1.29. The molecule has 1 heterocycles. The standard InChI is InChI=1S/C13H21NO3/c1-5-10-9(3)7-11(17-10)12(16)14-13(4,6-2)8-15/h7,15H,5-6,8H2,1-4H3,(H,14,16)/t13-/m1/s1. The van der Waals surface area contributed by atoms with Crippen molar-refractivity contribution in [1.82, 2.24) is 5.32 Å². The van der Waals surface area contributed by atoms with Crippen molar-refractivity contribution in [2.45, 2.75) is 46.1 Å². The SMILES string of the molecule is CCc1oc(C(=O)N[C@](C)(CC)CO)cc1C. The summed E-state index contributed by atoms with van der Waals surface area (Å²) in [7, 11) is 0. The van der Waals surface area contributed by atoms with Crippen LogP contribution in [0.25, 0.3) is 0 Å². The Kier molecular flexibility index (Phi) is 4.34. The molecule has 0 aliphatic carbocycles. The van der Waals surface area contributed by atoms with Crippen LogP contribution in [0.1, 0.15) is 49.1 Å². The van der Waals surface area contributed by atoms with E-state index in [0.717, 1.165) is 17.7 Å². The third-order valence-electron chi connectivity index (χ3n) is 3.11. The van der Waals surface area contributed by atoms with Gasteiger partial charge in [0.05, 0.1) is 12.1 Å². The molecular formula is C13H21NO3. The van der Waals surface area contributed by atoms with Crippen LogP contribution in [0.5, 0.6) is 0 Å². The summed E-state index contributed by atoms with van der Waals surface area (Å²) in [4.78, 5) is 11.9. The first kappa shape index (κ1) is 13.8. The second kappa shape index (κ2) is 5.36. The van der Waals surface area contributed by atoms with Crippen LogP contribution in [0.3, 0.4) is 0 Å². The molecule has 1 aromatic heterocycles. The van der Waals surface area contributed by atoms with Gasteiger partial charge in [-0.15, -0.1) is 0 Å². The molecule has 17 heavy (non-hydrogen) atoms. The van der Waals surface area contributed by atoms with Crippen LogP contribution in [0.15, 0.2) is 10.5 Å². The van der Waals surface area contributed by atoms with E-state index in [9.17, 15) is 9.90 Å². The van der Waals surface area contributed by atoms with E-state index < -0.39 is 5.54 Å². The van der Waals surface area contributed by atoms with Crippen LogP contribution in [-0.2, 0) is 6.42 Å². The lowest BCUT2D eigenvalue weighted by Crippen LogP contribution is -2.48. The number of furan rings is 1. The van der Waals surface area contributed by atoms with Crippen molar-refractivity contribution in [3.05, 3.63) is 23.2 Å². The van der Waals surface area contributed by atoms with Gasteiger partial charge in [0.2, 0.25) is 0 Å². The minimum atomic E-state index is -0.593. The maximum atomic E-state index is 11.9. The number of nitrogens with one attached hydrogen (secondary N) is 1. The third kappa shape index (κ3) is 3.09. The number of carbonyl (C=O) groups is 1. The zero-order chi connectivity index (χ0) is 13.1. The van der Waals surface area contributed by atoms with Gasteiger partial charge in [-0.25, -0.2) is 0 Å². The van der Waals surface area contributed by atoms with Crippen LogP contribution in [0, 0.1) is 6.92 Å².